The lowest BCUT2D eigenvalue weighted by molar-refractivity contribution is 0.296. The van der Waals surface area contributed by atoms with Gasteiger partial charge in [0.25, 0.3) is 0 Å². The minimum absolute atomic E-state index is 0.547. The summed E-state index contributed by atoms with van der Waals surface area (Å²) in [4.78, 5) is 9.13. The van der Waals surface area contributed by atoms with Crippen LogP contribution < -0.4 is 15.4 Å². The first-order valence-corrected chi connectivity index (χ1v) is 10.9. The Morgan fingerprint density at radius 2 is 2.10 bits per heavy atom. The van der Waals surface area contributed by atoms with E-state index in [-0.39, 0.29) is 0 Å². The zero-order valence-electron chi connectivity index (χ0n) is 18.2. The van der Waals surface area contributed by atoms with Gasteiger partial charge in [-0.15, -0.1) is 0 Å². The molecule has 0 saturated heterocycles. The van der Waals surface area contributed by atoms with Crippen molar-refractivity contribution in [3.63, 3.8) is 0 Å². The highest BCUT2D eigenvalue weighted by atomic mass is 16.5. The van der Waals surface area contributed by atoms with Crippen molar-refractivity contribution in [2.24, 2.45) is 10.9 Å². The number of hydrogen-bond donors (Lipinski definition) is 2. The van der Waals surface area contributed by atoms with E-state index in [1.54, 1.807) is 17.1 Å². The van der Waals surface area contributed by atoms with Crippen molar-refractivity contribution in [2.45, 2.75) is 39.8 Å². The van der Waals surface area contributed by atoms with Gasteiger partial charge in [-0.3, -0.25) is 0 Å². The molecule has 4 rings (SSSR count). The molecule has 0 unspecified atom stereocenters. The number of pyridine rings is 1. The predicted molar refractivity (Wildman–Crippen MR) is 122 cm³/mol. The molecule has 162 valence electrons. The number of guanidine groups is 1. The maximum atomic E-state index is 6.10. The van der Waals surface area contributed by atoms with Gasteiger partial charge >= 0.3 is 0 Å². The van der Waals surface area contributed by atoms with Crippen LogP contribution in [-0.4, -0.2) is 33.9 Å². The van der Waals surface area contributed by atoms with E-state index in [2.05, 4.69) is 52.8 Å². The number of rotatable bonds is 9. The molecule has 1 saturated carbocycles. The third-order valence-corrected chi connectivity index (χ3v) is 5.15. The Kier molecular flexibility index (Phi) is 6.82. The molecule has 1 aliphatic carbocycles. The number of nitrogens with one attached hydrogen (secondary N) is 2. The Labute approximate surface area is 183 Å². The van der Waals surface area contributed by atoms with E-state index >= 15 is 0 Å². The van der Waals surface area contributed by atoms with Crippen molar-refractivity contribution < 1.29 is 4.74 Å². The van der Waals surface area contributed by atoms with E-state index in [0.29, 0.717) is 13.1 Å². The first-order valence-electron chi connectivity index (χ1n) is 10.9. The molecule has 3 aromatic rings. The average molecular weight is 419 g/mol. The number of nitrogens with zero attached hydrogens (tertiary/aromatic N) is 4. The summed E-state index contributed by atoms with van der Waals surface area (Å²) in [6, 6.07) is 12.2. The number of benzene rings is 1. The van der Waals surface area contributed by atoms with Crippen molar-refractivity contribution in [1.29, 1.82) is 0 Å². The third kappa shape index (κ3) is 6.07. The molecular formula is C24H30N6O. The quantitative estimate of drug-likeness (QED) is 0.410. The van der Waals surface area contributed by atoms with Crippen molar-refractivity contribution >= 4 is 5.96 Å². The van der Waals surface area contributed by atoms with Crippen molar-refractivity contribution in [3.05, 3.63) is 71.7 Å². The summed E-state index contributed by atoms with van der Waals surface area (Å²) >= 11 is 0. The highest BCUT2D eigenvalue weighted by Crippen LogP contribution is 2.30. The fourth-order valence-corrected chi connectivity index (χ4v) is 3.21. The first kappa shape index (κ1) is 20.9. The maximum Gasteiger partial charge on any atom is 0.191 e. The Morgan fingerprint density at radius 3 is 2.87 bits per heavy atom. The third-order valence-electron chi connectivity index (χ3n) is 5.15. The average Bonchev–Trinajstić information content (AvgIpc) is 3.45. The molecule has 1 aromatic carbocycles. The van der Waals surface area contributed by atoms with Gasteiger partial charge in [-0.25, -0.2) is 14.7 Å². The molecule has 7 nitrogen and oxygen atoms in total. The van der Waals surface area contributed by atoms with Gasteiger partial charge in [-0.1, -0.05) is 12.1 Å². The summed E-state index contributed by atoms with van der Waals surface area (Å²) in [5.74, 6) is 3.25. The first-order chi connectivity index (χ1) is 15.2. The highest BCUT2D eigenvalue weighted by molar-refractivity contribution is 5.79. The van der Waals surface area contributed by atoms with Crippen molar-refractivity contribution in [3.8, 4) is 11.6 Å². The van der Waals surface area contributed by atoms with E-state index in [1.165, 1.54) is 18.4 Å². The molecule has 0 amide bonds. The summed E-state index contributed by atoms with van der Waals surface area (Å²) < 4.78 is 7.84. The van der Waals surface area contributed by atoms with Gasteiger partial charge in [0, 0.05) is 37.2 Å². The molecular weight excluding hydrogens is 388 g/mol. The van der Waals surface area contributed by atoms with Crippen LogP contribution in [0.25, 0.3) is 5.82 Å². The van der Waals surface area contributed by atoms with E-state index < -0.39 is 0 Å². The van der Waals surface area contributed by atoms with Crippen LogP contribution in [0.4, 0.5) is 0 Å². The molecule has 0 aliphatic heterocycles. The second kappa shape index (κ2) is 10.1. The van der Waals surface area contributed by atoms with E-state index in [0.717, 1.165) is 47.7 Å². The zero-order chi connectivity index (χ0) is 21.5. The Balaban J connectivity index is 1.41. The molecule has 1 aliphatic rings. The molecule has 2 heterocycles. The van der Waals surface area contributed by atoms with Crippen molar-refractivity contribution in [1.82, 2.24) is 25.4 Å². The van der Waals surface area contributed by atoms with Crippen LogP contribution in [0.2, 0.25) is 0 Å². The largest absolute Gasteiger partial charge is 0.493 e. The molecule has 7 heteroatoms. The Hall–Kier alpha value is -3.35. The monoisotopic (exact) mass is 418 g/mol. The van der Waals surface area contributed by atoms with Crippen LogP contribution in [0.15, 0.2) is 60.0 Å². The van der Waals surface area contributed by atoms with Crippen molar-refractivity contribution in [2.75, 3.05) is 13.2 Å². The van der Waals surface area contributed by atoms with Gasteiger partial charge in [-0.2, -0.15) is 5.10 Å². The minimum atomic E-state index is 0.547. The number of aryl methyl sites for hydroxylation is 1. The summed E-state index contributed by atoms with van der Waals surface area (Å²) in [6.45, 7) is 6.96. The van der Waals surface area contributed by atoms with Gasteiger partial charge in [0.1, 0.15) is 5.75 Å². The molecule has 0 bridgehead atoms. The van der Waals surface area contributed by atoms with Crippen LogP contribution in [0.5, 0.6) is 5.75 Å². The topological polar surface area (TPSA) is 76.4 Å². The number of ether oxygens (including phenoxy) is 1. The standard InChI is InChI=1S/C24H30N6O/c1-3-25-24(27-15-20-9-11-26-23(14-20)30-12-4-10-29-30)28-16-21-8-5-18(2)13-22(21)31-17-19-6-7-19/h4-5,8-14,19H,3,6-7,15-17H2,1-2H3,(H2,25,27,28). The molecule has 31 heavy (non-hydrogen) atoms. The second-order valence-electron chi connectivity index (χ2n) is 7.89. The van der Waals surface area contributed by atoms with Crippen LogP contribution in [0.3, 0.4) is 0 Å². The number of hydrogen-bond acceptors (Lipinski definition) is 4. The summed E-state index contributed by atoms with van der Waals surface area (Å²) in [6.07, 6.45) is 7.98. The summed E-state index contributed by atoms with van der Waals surface area (Å²) in [7, 11) is 0. The minimum Gasteiger partial charge on any atom is -0.493 e. The summed E-state index contributed by atoms with van der Waals surface area (Å²) in [5.41, 5.74) is 3.42. The highest BCUT2D eigenvalue weighted by Gasteiger charge is 2.22. The van der Waals surface area contributed by atoms with E-state index in [4.69, 9.17) is 9.73 Å². The SMILES string of the molecule is CCNC(=NCc1ccnc(-n2cccn2)c1)NCc1ccc(C)cc1OCC1CC1. The molecule has 2 N–H and O–H groups in total. The lowest BCUT2D eigenvalue weighted by Gasteiger charge is -2.15. The van der Waals surface area contributed by atoms with Gasteiger partial charge in [0.05, 0.1) is 13.2 Å². The Bertz CT molecular complexity index is 1010. The van der Waals surface area contributed by atoms with Gasteiger partial charge in [0.15, 0.2) is 11.8 Å². The fourth-order valence-electron chi connectivity index (χ4n) is 3.21. The van der Waals surface area contributed by atoms with Gasteiger partial charge in [0.2, 0.25) is 0 Å². The van der Waals surface area contributed by atoms with Crippen LogP contribution in [0, 0.1) is 12.8 Å². The summed E-state index contributed by atoms with van der Waals surface area (Å²) in [5, 5.41) is 11.0. The zero-order valence-corrected chi connectivity index (χ0v) is 18.2. The predicted octanol–water partition coefficient (Wildman–Crippen LogP) is 3.62. The fraction of sp³-hybridized carbons (Fsp3) is 0.375. The lowest BCUT2D eigenvalue weighted by Crippen LogP contribution is -2.36. The Morgan fingerprint density at radius 1 is 1.19 bits per heavy atom. The number of aromatic nitrogens is 3. The molecule has 0 spiro atoms. The van der Waals surface area contributed by atoms with E-state index in [9.17, 15) is 0 Å². The normalized spacial score (nSPS) is 13.8. The van der Waals surface area contributed by atoms with Gasteiger partial charge in [-0.05, 0) is 68.0 Å². The van der Waals surface area contributed by atoms with Crippen LogP contribution in [-0.2, 0) is 13.1 Å². The van der Waals surface area contributed by atoms with Crippen LogP contribution >= 0.6 is 0 Å². The molecule has 0 radical (unpaired) electrons. The lowest BCUT2D eigenvalue weighted by atomic mass is 10.1. The van der Waals surface area contributed by atoms with E-state index in [1.807, 2.05) is 24.4 Å². The second-order valence-corrected chi connectivity index (χ2v) is 7.89. The maximum absolute atomic E-state index is 6.10. The smallest absolute Gasteiger partial charge is 0.191 e. The molecule has 1 fully saturated rings. The molecule has 0 atom stereocenters. The molecule has 2 aromatic heterocycles. The number of aliphatic imine (C=N–C) groups is 1. The van der Waals surface area contributed by atoms with Crippen LogP contribution in [0.1, 0.15) is 36.5 Å². The van der Waals surface area contributed by atoms with Gasteiger partial charge < -0.3 is 15.4 Å².